The Morgan fingerprint density at radius 2 is 2.00 bits per heavy atom. The highest BCUT2D eigenvalue weighted by molar-refractivity contribution is 8.00. The molecule has 1 aromatic heterocycles. The molecule has 0 spiro atoms. The summed E-state index contributed by atoms with van der Waals surface area (Å²) in [6.45, 7) is 10.8. The van der Waals surface area contributed by atoms with E-state index in [-0.39, 0.29) is 5.91 Å². The van der Waals surface area contributed by atoms with Crippen LogP contribution in [0, 0.1) is 38.0 Å². The third-order valence-electron chi connectivity index (χ3n) is 3.46. The zero-order valence-electron chi connectivity index (χ0n) is 13.4. The summed E-state index contributed by atoms with van der Waals surface area (Å²) < 4.78 is 0. The number of carbonyl (C=O) groups is 1. The van der Waals surface area contributed by atoms with Crippen molar-refractivity contribution in [2.24, 2.45) is 5.92 Å². The van der Waals surface area contributed by atoms with E-state index in [2.05, 4.69) is 30.2 Å². The van der Waals surface area contributed by atoms with Gasteiger partial charge in [0.2, 0.25) is 5.91 Å². The Balaban J connectivity index is 2.68. The number of thioether (sulfide) groups is 1. The number of aryl methyl sites for hydroxylation is 1. The Kier molecular flexibility index (Phi) is 6.70. The van der Waals surface area contributed by atoms with Crippen molar-refractivity contribution in [1.29, 1.82) is 5.26 Å². The summed E-state index contributed by atoms with van der Waals surface area (Å²) in [6.07, 6.45) is 0.973. The molecule has 0 radical (unpaired) electrons. The summed E-state index contributed by atoms with van der Waals surface area (Å²) in [5.41, 5.74) is 3.48. The first-order valence-corrected chi connectivity index (χ1v) is 8.12. The van der Waals surface area contributed by atoms with Crippen molar-refractivity contribution in [2.75, 3.05) is 12.3 Å². The van der Waals surface area contributed by atoms with E-state index in [0.29, 0.717) is 28.8 Å². The van der Waals surface area contributed by atoms with E-state index in [1.54, 1.807) is 0 Å². The van der Waals surface area contributed by atoms with E-state index in [0.717, 1.165) is 23.2 Å². The van der Waals surface area contributed by atoms with Crippen LogP contribution in [0.3, 0.4) is 0 Å². The number of nitriles is 1. The van der Waals surface area contributed by atoms with Gasteiger partial charge in [0.05, 0.1) is 11.3 Å². The molecule has 1 rings (SSSR count). The van der Waals surface area contributed by atoms with Gasteiger partial charge < -0.3 is 5.32 Å². The fourth-order valence-corrected chi connectivity index (χ4v) is 2.75. The quantitative estimate of drug-likeness (QED) is 0.820. The van der Waals surface area contributed by atoms with Crippen LogP contribution in [-0.4, -0.2) is 23.2 Å². The standard InChI is InChI=1S/C16H23N3OS/c1-10(2)6-7-18-15(20)9-21-16-14(8-17)12(4)11(3)13(5)19-16/h10H,6-7,9H2,1-5H3,(H,18,20). The first-order chi connectivity index (χ1) is 9.86. The summed E-state index contributed by atoms with van der Waals surface area (Å²) >= 11 is 1.33. The van der Waals surface area contributed by atoms with Crippen LogP contribution in [0.4, 0.5) is 0 Å². The summed E-state index contributed by atoms with van der Waals surface area (Å²) in [6, 6.07) is 2.20. The number of carbonyl (C=O) groups excluding carboxylic acids is 1. The molecule has 0 bridgehead atoms. The van der Waals surface area contributed by atoms with Gasteiger partial charge in [0.25, 0.3) is 0 Å². The molecule has 0 aliphatic heterocycles. The number of hydrogen-bond acceptors (Lipinski definition) is 4. The lowest BCUT2D eigenvalue weighted by atomic mass is 10.1. The van der Waals surface area contributed by atoms with Crippen molar-refractivity contribution in [1.82, 2.24) is 10.3 Å². The van der Waals surface area contributed by atoms with Gasteiger partial charge in [-0.1, -0.05) is 25.6 Å². The Morgan fingerprint density at radius 3 is 2.57 bits per heavy atom. The van der Waals surface area contributed by atoms with Crippen LogP contribution in [0.2, 0.25) is 0 Å². The lowest BCUT2D eigenvalue weighted by Crippen LogP contribution is -2.27. The Morgan fingerprint density at radius 1 is 1.33 bits per heavy atom. The third kappa shape index (κ3) is 5.05. The van der Waals surface area contributed by atoms with Gasteiger partial charge in [-0.3, -0.25) is 4.79 Å². The predicted octanol–water partition coefficient (Wildman–Crippen LogP) is 3.13. The van der Waals surface area contributed by atoms with Gasteiger partial charge >= 0.3 is 0 Å². The molecule has 0 fully saturated rings. The van der Waals surface area contributed by atoms with Gasteiger partial charge in [-0.15, -0.1) is 0 Å². The van der Waals surface area contributed by atoms with Crippen LogP contribution in [0.5, 0.6) is 0 Å². The number of rotatable bonds is 6. The molecular weight excluding hydrogens is 282 g/mol. The SMILES string of the molecule is Cc1nc(SCC(=O)NCCC(C)C)c(C#N)c(C)c1C. The predicted molar refractivity (Wildman–Crippen MR) is 86.4 cm³/mol. The number of hydrogen-bond donors (Lipinski definition) is 1. The minimum atomic E-state index is -0.0118. The molecule has 0 unspecified atom stereocenters. The highest BCUT2D eigenvalue weighted by Crippen LogP contribution is 2.26. The van der Waals surface area contributed by atoms with Crippen molar-refractivity contribution < 1.29 is 4.79 Å². The monoisotopic (exact) mass is 305 g/mol. The van der Waals surface area contributed by atoms with Crippen molar-refractivity contribution >= 4 is 17.7 Å². The number of nitrogens with one attached hydrogen (secondary N) is 1. The fourth-order valence-electron chi connectivity index (χ4n) is 1.83. The molecule has 0 aliphatic carbocycles. The molecule has 21 heavy (non-hydrogen) atoms. The molecule has 1 heterocycles. The van der Waals surface area contributed by atoms with E-state index < -0.39 is 0 Å². The molecule has 1 amide bonds. The smallest absolute Gasteiger partial charge is 0.230 e. The third-order valence-corrected chi connectivity index (χ3v) is 4.43. The topological polar surface area (TPSA) is 65.8 Å². The first-order valence-electron chi connectivity index (χ1n) is 7.14. The lowest BCUT2D eigenvalue weighted by molar-refractivity contribution is -0.118. The Hall–Kier alpha value is -1.54. The minimum absolute atomic E-state index is 0.0118. The Bertz CT molecular complexity index is 562. The summed E-state index contributed by atoms with van der Waals surface area (Å²) in [7, 11) is 0. The van der Waals surface area contributed by atoms with E-state index >= 15 is 0 Å². The average Bonchev–Trinajstić information content (AvgIpc) is 2.42. The van der Waals surface area contributed by atoms with E-state index in [9.17, 15) is 10.1 Å². The van der Waals surface area contributed by atoms with Gasteiger partial charge in [-0.25, -0.2) is 4.98 Å². The molecule has 1 aromatic rings. The number of pyridine rings is 1. The van der Waals surface area contributed by atoms with Gasteiger partial charge in [0.15, 0.2) is 0 Å². The molecule has 4 nitrogen and oxygen atoms in total. The maximum Gasteiger partial charge on any atom is 0.230 e. The Labute approximate surface area is 131 Å². The highest BCUT2D eigenvalue weighted by atomic mass is 32.2. The molecule has 114 valence electrons. The minimum Gasteiger partial charge on any atom is -0.355 e. The lowest BCUT2D eigenvalue weighted by Gasteiger charge is -2.11. The van der Waals surface area contributed by atoms with Crippen molar-refractivity contribution in [3.05, 3.63) is 22.4 Å². The molecule has 5 heteroatoms. The van der Waals surface area contributed by atoms with E-state index in [1.165, 1.54) is 11.8 Å². The zero-order chi connectivity index (χ0) is 16.0. The maximum atomic E-state index is 11.8. The first kappa shape index (κ1) is 17.5. The van der Waals surface area contributed by atoms with Crippen LogP contribution in [0.25, 0.3) is 0 Å². The van der Waals surface area contributed by atoms with E-state index in [4.69, 9.17) is 0 Å². The van der Waals surface area contributed by atoms with Crippen LogP contribution in [-0.2, 0) is 4.79 Å². The second-order valence-electron chi connectivity index (χ2n) is 5.56. The fraction of sp³-hybridized carbons (Fsp3) is 0.562. The largest absolute Gasteiger partial charge is 0.355 e. The van der Waals surface area contributed by atoms with Gasteiger partial charge in [0, 0.05) is 12.2 Å². The van der Waals surface area contributed by atoms with Gasteiger partial charge in [-0.2, -0.15) is 5.26 Å². The zero-order valence-corrected chi connectivity index (χ0v) is 14.2. The molecular formula is C16H23N3OS. The van der Waals surface area contributed by atoms with Crippen LogP contribution < -0.4 is 5.32 Å². The summed E-state index contributed by atoms with van der Waals surface area (Å²) in [5.74, 6) is 0.858. The second kappa shape index (κ2) is 8.04. The van der Waals surface area contributed by atoms with Gasteiger partial charge in [-0.05, 0) is 44.2 Å². The molecule has 0 aromatic carbocycles. The van der Waals surface area contributed by atoms with E-state index in [1.807, 2.05) is 20.8 Å². The molecule has 0 saturated carbocycles. The number of amides is 1. The van der Waals surface area contributed by atoms with Crippen LogP contribution >= 0.6 is 11.8 Å². The van der Waals surface area contributed by atoms with Crippen molar-refractivity contribution in [3.63, 3.8) is 0 Å². The van der Waals surface area contributed by atoms with Gasteiger partial charge in [0.1, 0.15) is 11.1 Å². The molecule has 0 atom stereocenters. The van der Waals surface area contributed by atoms with Crippen LogP contribution in [0.15, 0.2) is 5.03 Å². The summed E-state index contributed by atoms with van der Waals surface area (Å²) in [4.78, 5) is 16.2. The van der Waals surface area contributed by atoms with Crippen LogP contribution in [0.1, 0.15) is 42.7 Å². The normalized spacial score (nSPS) is 10.5. The molecule has 0 aliphatic rings. The average molecular weight is 305 g/mol. The number of nitrogens with zero attached hydrogens (tertiary/aromatic N) is 2. The van der Waals surface area contributed by atoms with Crippen molar-refractivity contribution in [3.8, 4) is 6.07 Å². The summed E-state index contributed by atoms with van der Waals surface area (Å²) in [5, 5.41) is 12.8. The second-order valence-corrected chi connectivity index (χ2v) is 6.52. The number of aromatic nitrogens is 1. The molecule has 0 saturated heterocycles. The maximum absolute atomic E-state index is 11.8. The van der Waals surface area contributed by atoms with Crippen molar-refractivity contribution in [2.45, 2.75) is 46.1 Å². The molecule has 1 N–H and O–H groups in total. The highest BCUT2D eigenvalue weighted by Gasteiger charge is 2.14.